The highest BCUT2D eigenvalue weighted by molar-refractivity contribution is 5.86. The highest BCUT2D eigenvalue weighted by Gasteiger charge is 2.37. The largest absolute Gasteiger partial charge is 0.369 e. The average molecular weight is 241 g/mol. The topological polar surface area (TPSA) is 75.4 Å². The number of carbonyl (C=O) groups excluding carboxylic acids is 2. The van der Waals surface area contributed by atoms with Crippen LogP contribution in [0.15, 0.2) is 0 Å². The minimum absolute atomic E-state index is 0.0263. The fourth-order valence-electron chi connectivity index (χ4n) is 2.09. The van der Waals surface area contributed by atoms with Crippen LogP contribution in [0, 0.1) is 5.92 Å². The zero-order valence-electron chi connectivity index (χ0n) is 11.1. The second kappa shape index (κ2) is 5.04. The van der Waals surface area contributed by atoms with E-state index >= 15 is 0 Å². The smallest absolute Gasteiger partial charge is 0.242 e. The maximum absolute atomic E-state index is 12.3. The standard InChI is InChI=1S/C12H23N3O2/c1-8-5-6-9(10(13)16)7-15(8)11(17)12(2,3)14-4/h8-9,14H,5-7H2,1-4H3,(H2,13,16). The third-order valence-corrected chi connectivity index (χ3v) is 3.70. The quantitative estimate of drug-likeness (QED) is 0.735. The van der Waals surface area contributed by atoms with Crippen molar-refractivity contribution in [2.75, 3.05) is 13.6 Å². The number of primary amides is 1. The lowest BCUT2D eigenvalue weighted by Gasteiger charge is -2.41. The van der Waals surface area contributed by atoms with Gasteiger partial charge in [-0.1, -0.05) is 0 Å². The summed E-state index contributed by atoms with van der Waals surface area (Å²) in [5.41, 5.74) is 4.72. The molecule has 1 rings (SSSR count). The Balaban J connectivity index is 2.80. The molecule has 0 aromatic rings. The van der Waals surface area contributed by atoms with Gasteiger partial charge in [0.2, 0.25) is 11.8 Å². The summed E-state index contributed by atoms with van der Waals surface area (Å²) >= 11 is 0. The average Bonchev–Trinajstić information content (AvgIpc) is 2.28. The van der Waals surface area contributed by atoms with Crippen LogP contribution in [0.4, 0.5) is 0 Å². The van der Waals surface area contributed by atoms with Gasteiger partial charge in [0.05, 0.1) is 11.5 Å². The van der Waals surface area contributed by atoms with E-state index in [1.165, 1.54) is 0 Å². The molecule has 1 aliphatic rings. The van der Waals surface area contributed by atoms with Crippen molar-refractivity contribution in [2.45, 2.75) is 45.2 Å². The van der Waals surface area contributed by atoms with E-state index in [0.29, 0.717) is 6.54 Å². The van der Waals surface area contributed by atoms with Crippen LogP contribution >= 0.6 is 0 Å². The maximum Gasteiger partial charge on any atom is 0.242 e. The molecule has 0 saturated carbocycles. The lowest BCUT2D eigenvalue weighted by molar-refractivity contribution is -0.142. The molecule has 0 aromatic heterocycles. The van der Waals surface area contributed by atoms with Crippen molar-refractivity contribution in [1.82, 2.24) is 10.2 Å². The molecule has 0 spiro atoms. The van der Waals surface area contributed by atoms with E-state index in [-0.39, 0.29) is 23.8 Å². The Kier molecular flexibility index (Phi) is 4.14. The van der Waals surface area contributed by atoms with Crippen LogP contribution in [-0.4, -0.2) is 41.9 Å². The summed E-state index contributed by atoms with van der Waals surface area (Å²) in [6.45, 7) is 6.15. The second-order valence-electron chi connectivity index (χ2n) is 5.36. The Hall–Kier alpha value is -1.10. The van der Waals surface area contributed by atoms with Crippen molar-refractivity contribution in [3.8, 4) is 0 Å². The van der Waals surface area contributed by atoms with Crippen LogP contribution in [0.1, 0.15) is 33.6 Å². The summed E-state index contributed by atoms with van der Waals surface area (Å²) in [5, 5.41) is 3.00. The van der Waals surface area contributed by atoms with Gasteiger partial charge in [0.15, 0.2) is 0 Å². The van der Waals surface area contributed by atoms with Crippen LogP contribution in [0.25, 0.3) is 0 Å². The third kappa shape index (κ3) is 2.97. The molecule has 3 N–H and O–H groups in total. The van der Waals surface area contributed by atoms with E-state index in [9.17, 15) is 9.59 Å². The van der Waals surface area contributed by atoms with Gasteiger partial charge in [-0.3, -0.25) is 9.59 Å². The van der Waals surface area contributed by atoms with Crippen molar-refractivity contribution < 1.29 is 9.59 Å². The molecule has 0 aliphatic carbocycles. The van der Waals surface area contributed by atoms with Crippen LogP contribution in [-0.2, 0) is 9.59 Å². The molecule has 0 radical (unpaired) electrons. The van der Waals surface area contributed by atoms with Crippen LogP contribution in [0.3, 0.4) is 0 Å². The van der Waals surface area contributed by atoms with Gasteiger partial charge in [-0.15, -0.1) is 0 Å². The van der Waals surface area contributed by atoms with Crippen LogP contribution in [0.5, 0.6) is 0 Å². The van der Waals surface area contributed by atoms with Crippen LogP contribution in [0.2, 0.25) is 0 Å². The lowest BCUT2D eigenvalue weighted by atomic mass is 9.90. The molecule has 0 bridgehead atoms. The number of likely N-dealkylation sites (tertiary alicyclic amines) is 1. The van der Waals surface area contributed by atoms with Crippen molar-refractivity contribution in [2.24, 2.45) is 11.7 Å². The summed E-state index contributed by atoms with van der Waals surface area (Å²) in [4.78, 5) is 25.3. The number of hydrogen-bond acceptors (Lipinski definition) is 3. The molecule has 1 heterocycles. The van der Waals surface area contributed by atoms with E-state index in [0.717, 1.165) is 12.8 Å². The molecule has 5 heteroatoms. The summed E-state index contributed by atoms with van der Waals surface area (Å²) in [7, 11) is 1.76. The number of piperidine rings is 1. The van der Waals surface area contributed by atoms with Gasteiger partial charge in [0, 0.05) is 12.6 Å². The number of nitrogens with one attached hydrogen (secondary N) is 1. The molecule has 98 valence electrons. The Morgan fingerprint density at radius 2 is 1.94 bits per heavy atom. The van der Waals surface area contributed by atoms with Crippen molar-refractivity contribution in [3.63, 3.8) is 0 Å². The monoisotopic (exact) mass is 241 g/mol. The van der Waals surface area contributed by atoms with Gasteiger partial charge in [-0.25, -0.2) is 0 Å². The number of hydrogen-bond donors (Lipinski definition) is 2. The molecule has 2 unspecified atom stereocenters. The number of amides is 2. The molecular formula is C12H23N3O2. The van der Waals surface area contributed by atoms with E-state index in [4.69, 9.17) is 5.73 Å². The summed E-state index contributed by atoms with van der Waals surface area (Å²) in [5.74, 6) is -0.488. The molecule has 17 heavy (non-hydrogen) atoms. The van der Waals surface area contributed by atoms with Gasteiger partial charge < -0.3 is 16.0 Å². The van der Waals surface area contributed by atoms with Gasteiger partial charge in [-0.05, 0) is 40.7 Å². The SMILES string of the molecule is CNC(C)(C)C(=O)N1CC(C(N)=O)CCC1C. The van der Waals surface area contributed by atoms with E-state index in [1.807, 2.05) is 20.8 Å². The number of nitrogens with zero attached hydrogens (tertiary/aromatic N) is 1. The summed E-state index contributed by atoms with van der Waals surface area (Å²) in [6, 6.07) is 0.172. The van der Waals surface area contributed by atoms with Crippen molar-refractivity contribution in [3.05, 3.63) is 0 Å². The molecule has 1 fully saturated rings. The van der Waals surface area contributed by atoms with E-state index in [2.05, 4.69) is 5.32 Å². The highest BCUT2D eigenvalue weighted by atomic mass is 16.2. The van der Waals surface area contributed by atoms with Gasteiger partial charge >= 0.3 is 0 Å². The van der Waals surface area contributed by atoms with Gasteiger partial charge in [0.1, 0.15) is 0 Å². The fourth-order valence-corrected chi connectivity index (χ4v) is 2.09. The third-order valence-electron chi connectivity index (χ3n) is 3.70. The molecule has 1 saturated heterocycles. The number of rotatable bonds is 3. The first-order valence-electron chi connectivity index (χ1n) is 6.09. The van der Waals surface area contributed by atoms with Gasteiger partial charge in [0.25, 0.3) is 0 Å². The number of carbonyl (C=O) groups is 2. The van der Waals surface area contributed by atoms with Crippen molar-refractivity contribution >= 4 is 11.8 Å². The molecule has 2 amide bonds. The highest BCUT2D eigenvalue weighted by Crippen LogP contribution is 2.24. The van der Waals surface area contributed by atoms with Crippen molar-refractivity contribution in [1.29, 1.82) is 0 Å². The Bertz CT molecular complexity index is 315. The molecular weight excluding hydrogens is 218 g/mol. The Morgan fingerprint density at radius 1 is 1.35 bits per heavy atom. The summed E-state index contributed by atoms with van der Waals surface area (Å²) < 4.78 is 0. The molecule has 0 aromatic carbocycles. The first-order valence-corrected chi connectivity index (χ1v) is 6.09. The maximum atomic E-state index is 12.3. The minimum Gasteiger partial charge on any atom is -0.369 e. The normalized spacial score (nSPS) is 25.8. The molecule has 5 nitrogen and oxygen atoms in total. The summed E-state index contributed by atoms with van der Waals surface area (Å²) in [6.07, 6.45) is 1.61. The van der Waals surface area contributed by atoms with Crippen LogP contribution < -0.4 is 11.1 Å². The first kappa shape index (κ1) is 14.0. The Labute approximate surface area is 103 Å². The zero-order valence-corrected chi connectivity index (χ0v) is 11.1. The van der Waals surface area contributed by atoms with E-state index < -0.39 is 5.54 Å². The second-order valence-corrected chi connectivity index (χ2v) is 5.36. The van der Waals surface area contributed by atoms with E-state index in [1.54, 1.807) is 11.9 Å². The number of nitrogens with two attached hydrogens (primary N) is 1. The number of likely N-dealkylation sites (N-methyl/N-ethyl adjacent to an activating group) is 1. The zero-order chi connectivity index (χ0) is 13.2. The predicted octanol–water partition coefficient (Wildman–Crippen LogP) is 0.0968. The lowest BCUT2D eigenvalue weighted by Crippen LogP contribution is -2.58. The Morgan fingerprint density at radius 3 is 2.41 bits per heavy atom. The molecule has 1 aliphatic heterocycles. The van der Waals surface area contributed by atoms with Gasteiger partial charge in [-0.2, -0.15) is 0 Å². The first-order chi connectivity index (χ1) is 7.79. The predicted molar refractivity (Wildman–Crippen MR) is 66.2 cm³/mol. The minimum atomic E-state index is -0.603. The fraction of sp³-hybridized carbons (Fsp3) is 0.833. The molecule has 2 atom stereocenters.